The largest absolute Gasteiger partial charge is 0.371 e. The Morgan fingerprint density at radius 3 is 2.88 bits per heavy atom. The lowest BCUT2D eigenvalue weighted by atomic mass is 9.97. The van der Waals surface area contributed by atoms with Crippen LogP contribution in [0.1, 0.15) is 23.3 Å². The van der Waals surface area contributed by atoms with Crippen molar-refractivity contribution in [3.63, 3.8) is 0 Å². The average Bonchev–Trinajstić information content (AvgIpc) is 3.36. The number of likely N-dealkylation sites (tertiary alicyclic amines) is 1. The molecule has 4 rings (SSSR count). The summed E-state index contributed by atoms with van der Waals surface area (Å²) in [5.74, 6) is 0.791. The van der Waals surface area contributed by atoms with Crippen LogP contribution in [0.3, 0.4) is 0 Å². The minimum Gasteiger partial charge on any atom is -0.371 e. The highest BCUT2D eigenvalue weighted by Gasteiger charge is 2.48. The fourth-order valence-electron chi connectivity index (χ4n) is 3.85. The predicted molar refractivity (Wildman–Crippen MR) is 93.5 cm³/mol. The maximum Gasteiger partial charge on any atom is 0.270 e. The van der Waals surface area contributed by atoms with Gasteiger partial charge in [-0.05, 0) is 24.6 Å². The number of carbonyl (C=O) groups is 1. The summed E-state index contributed by atoms with van der Waals surface area (Å²) in [6.45, 7) is 2.03. The molecule has 2 atom stereocenters. The number of aryl methyl sites for hydroxylation is 1. The summed E-state index contributed by atoms with van der Waals surface area (Å²) in [5.41, 5.74) is 0.482. The summed E-state index contributed by atoms with van der Waals surface area (Å²) < 4.78 is 8.05. The summed E-state index contributed by atoms with van der Waals surface area (Å²) >= 11 is 0. The Balaban J connectivity index is 1.43. The van der Waals surface area contributed by atoms with Crippen LogP contribution in [-0.2, 0) is 11.8 Å². The fourth-order valence-corrected chi connectivity index (χ4v) is 3.85. The van der Waals surface area contributed by atoms with E-state index in [1.54, 1.807) is 12.4 Å². The van der Waals surface area contributed by atoms with Gasteiger partial charge in [0.05, 0.1) is 24.8 Å². The second kappa shape index (κ2) is 6.15. The molecule has 0 aromatic carbocycles. The number of hydrogen-bond donors (Lipinski definition) is 0. The van der Waals surface area contributed by atoms with Crippen LogP contribution in [0.2, 0.25) is 0 Å². The zero-order chi connectivity index (χ0) is 17.4. The van der Waals surface area contributed by atoms with E-state index in [0.29, 0.717) is 19.1 Å². The maximum absolute atomic E-state index is 12.7. The van der Waals surface area contributed by atoms with E-state index in [4.69, 9.17) is 4.74 Å². The average molecular weight is 341 g/mol. The lowest BCUT2D eigenvalue weighted by molar-refractivity contribution is 0.0122. The van der Waals surface area contributed by atoms with E-state index in [-0.39, 0.29) is 17.6 Å². The molecule has 2 aliphatic rings. The molecule has 2 aromatic rings. The number of hydrogen-bond acceptors (Lipinski definition) is 5. The Hall–Kier alpha value is -2.41. The number of ether oxygens (including phenoxy) is 1. The molecule has 1 spiro atoms. The summed E-state index contributed by atoms with van der Waals surface area (Å²) in [6, 6.07) is 5.81. The SMILES string of the molecule is CN(c1ncccn1)[C@H]1CO[C@]2(CCN(C(=O)c3cccn3C)C2)C1. The fraction of sp³-hybridized carbons (Fsp3) is 0.500. The van der Waals surface area contributed by atoms with Gasteiger partial charge in [-0.1, -0.05) is 0 Å². The monoisotopic (exact) mass is 341 g/mol. The molecule has 2 saturated heterocycles. The third-order valence-electron chi connectivity index (χ3n) is 5.37. The molecule has 0 N–H and O–H groups in total. The van der Waals surface area contributed by atoms with Gasteiger partial charge < -0.3 is 19.1 Å². The van der Waals surface area contributed by atoms with E-state index in [1.165, 1.54) is 0 Å². The molecular weight excluding hydrogens is 318 g/mol. The van der Waals surface area contributed by atoms with Crippen LogP contribution in [0.25, 0.3) is 0 Å². The topological polar surface area (TPSA) is 63.5 Å². The molecular formula is C18H23N5O2. The van der Waals surface area contributed by atoms with Crippen molar-refractivity contribution in [2.45, 2.75) is 24.5 Å². The zero-order valence-corrected chi connectivity index (χ0v) is 14.6. The molecule has 2 aliphatic heterocycles. The molecule has 0 unspecified atom stereocenters. The van der Waals surface area contributed by atoms with E-state index in [0.717, 1.165) is 25.1 Å². The van der Waals surface area contributed by atoms with Crippen molar-refractivity contribution in [3.8, 4) is 0 Å². The third-order valence-corrected chi connectivity index (χ3v) is 5.37. The number of amides is 1. The Morgan fingerprint density at radius 1 is 1.36 bits per heavy atom. The highest BCUT2D eigenvalue weighted by Crippen LogP contribution is 2.37. The Kier molecular flexibility index (Phi) is 3.95. The van der Waals surface area contributed by atoms with Gasteiger partial charge in [0, 0.05) is 45.7 Å². The summed E-state index contributed by atoms with van der Waals surface area (Å²) in [7, 11) is 3.90. The van der Waals surface area contributed by atoms with Crippen LogP contribution < -0.4 is 4.90 Å². The van der Waals surface area contributed by atoms with E-state index < -0.39 is 0 Å². The molecule has 132 valence electrons. The molecule has 25 heavy (non-hydrogen) atoms. The minimum absolute atomic E-state index is 0.0798. The van der Waals surface area contributed by atoms with Gasteiger partial charge >= 0.3 is 0 Å². The maximum atomic E-state index is 12.7. The van der Waals surface area contributed by atoms with Crippen molar-refractivity contribution in [2.75, 3.05) is 31.6 Å². The Labute approximate surface area is 147 Å². The van der Waals surface area contributed by atoms with Crippen molar-refractivity contribution in [2.24, 2.45) is 7.05 Å². The minimum atomic E-state index is -0.242. The number of carbonyl (C=O) groups excluding carboxylic acids is 1. The normalized spacial score (nSPS) is 25.7. The molecule has 7 nitrogen and oxygen atoms in total. The van der Waals surface area contributed by atoms with Gasteiger partial charge in [-0.25, -0.2) is 9.97 Å². The molecule has 0 saturated carbocycles. The van der Waals surface area contributed by atoms with Crippen molar-refractivity contribution in [1.29, 1.82) is 0 Å². The zero-order valence-electron chi connectivity index (χ0n) is 14.6. The van der Waals surface area contributed by atoms with Crippen LogP contribution >= 0.6 is 0 Å². The Bertz CT molecular complexity index is 762. The van der Waals surface area contributed by atoms with Gasteiger partial charge in [0.25, 0.3) is 5.91 Å². The van der Waals surface area contributed by atoms with E-state index >= 15 is 0 Å². The highest BCUT2D eigenvalue weighted by molar-refractivity contribution is 5.93. The number of aromatic nitrogens is 3. The Morgan fingerprint density at radius 2 is 2.16 bits per heavy atom. The summed E-state index contributed by atoms with van der Waals surface area (Å²) in [5, 5.41) is 0. The number of nitrogens with zero attached hydrogens (tertiary/aromatic N) is 5. The lowest BCUT2D eigenvalue weighted by Crippen LogP contribution is -2.38. The molecule has 7 heteroatoms. The molecule has 2 aromatic heterocycles. The van der Waals surface area contributed by atoms with E-state index in [2.05, 4.69) is 14.9 Å². The van der Waals surface area contributed by atoms with Gasteiger partial charge in [-0.15, -0.1) is 0 Å². The smallest absolute Gasteiger partial charge is 0.270 e. The first-order chi connectivity index (χ1) is 12.1. The number of rotatable bonds is 3. The number of likely N-dealkylation sites (N-methyl/N-ethyl adjacent to an activating group) is 1. The van der Waals surface area contributed by atoms with Gasteiger partial charge in [-0.2, -0.15) is 0 Å². The van der Waals surface area contributed by atoms with Gasteiger partial charge in [-0.3, -0.25) is 4.79 Å². The molecule has 1 amide bonds. The first kappa shape index (κ1) is 16.1. The predicted octanol–water partition coefficient (Wildman–Crippen LogP) is 1.33. The van der Waals surface area contributed by atoms with Crippen molar-refractivity contribution in [1.82, 2.24) is 19.4 Å². The van der Waals surface area contributed by atoms with Crippen LogP contribution in [0, 0.1) is 0 Å². The van der Waals surface area contributed by atoms with Crippen molar-refractivity contribution >= 4 is 11.9 Å². The first-order valence-electron chi connectivity index (χ1n) is 8.62. The van der Waals surface area contributed by atoms with Gasteiger partial charge in [0.15, 0.2) is 0 Å². The molecule has 0 bridgehead atoms. The van der Waals surface area contributed by atoms with Crippen LogP contribution in [0.4, 0.5) is 5.95 Å². The number of anilines is 1. The van der Waals surface area contributed by atoms with Crippen LogP contribution in [-0.4, -0.2) is 63.7 Å². The highest BCUT2D eigenvalue weighted by atomic mass is 16.5. The quantitative estimate of drug-likeness (QED) is 0.843. The molecule has 4 heterocycles. The van der Waals surface area contributed by atoms with Crippen LogP contribution in [0.15, 0.2) is 36.8 Å². The summed E-state index contributed by atoms with van der Waals surface area (Å²) in [6.07, 6.45) is 7.16. The van der Waals surface area contributed by atoms with Gasteiger partial charge in [0.1, 0.15) is 5.69 Å². The second-order valence-corrected chi connectivity index (χ2v) is 6.99. The van der Waals surface area contributed by atoms with Crippen molar-refractivity contribution < 1.29 is 9.53 Å². The van der Waals surface area contributed by atoms with E-state index in [9.17, 15) is 4.79 Å². The standard InChI is InChI=1S/C18H23N5O2/c1-21-9-3-5-15(21)16(24)23-10-6-18(13-23)11-14(12-25-18)22(2)17-19-7-4-8-20-17/h3-5,7-9,14H,6,10-13H2,1-2H3/t14-,18-/m1/s1. The first-order valence-corrected chi connectivity index (χ1v) is 8.62. The molecule has 0 aliphatic carbocycles. The lowest BCUT2D eigenvalue weighted by Gasteiger charge is -2.26. The third kappa shape index (κ3) is 2.89. The van der Waals surface area contributed by atoms with Gasteiger partial charge in [0.2, 0.25) is 5.95 Å². The second-order valence-electron chi connectivity index (χ2n) is 6.99. The van der Waals surface area contributed by atoms with E-state index in [1.807, 2.05) is 48.0 Å². The van der Waals surface area contributed by atoms with Crippen LogP contribution in [0.5, 0.6) is 0 Å². The molecule has 2 fully saturated rings. The van der Waals surface area contributed by atoms with Crippen molar-refractivity contribution in [3.05, 3.63) is 42.5 Å². The molecule has 0 radical (unpaired) electrons. The summed E-state index contributed by atoms with van der Waals surface area (Å²) in [4.78, 5) is 25.4.